The van der Waals surface area contributed by atoms with Crippen LogP contribution in [0.5, 0.6) is 0 Å². The number of amides is 1. The first kappa shape index (κ1) is 17.1. The highest BCUT2D eigenvalue weighted by Gasteiger charge is 2.32. The third-order valence-electron chi connectivity index (χ3n) is 4.60. The lowest BCUT2D eigenvalue weighted by molar-refractivity contribution is 0.113. The van der Waals surface area contributed by atoms with E-state index >= 15 is 0 Å². The van der Waals surface area contributed by atoms with Gasteiger partial charge in [-0.05, 0) is 62.3 Å². The standard InChI is InChI=1S/C19H20ClN3O3/c20-15-5-3-14(4-6-15)18-8-7-16(25-18)11-21-23-13-17(26-19(23)24)12-22-9-1-2-10-22/h3-8,11,17H,1-2,9-10,12-13H2. The van der Waals surface area contributed by atoms with Crippen molar-refractivity contribution in [3.05, 3.63) is 47.2 Å². The highest BCUT2D eigenvalue weighted by atomic mass is 35.5. The average Bonchev–Trinajstić information content (AvgIpc) is 3.36. The number of hydrazone groups is 1. The van der Waals surface area contributed by atoms with Crippen LogP contribution in [-0.2, 0) is 4.74 Å². The van der Waals surface area contributed by atoms with E-state index in [2.05, 4.69) is 10.0 Å². The fraction of sp³-hybridized carbons (Fsp3) is 0.368. The van der Waals surface area contributed by atoms with E-state index in [4.69, 9.17) is 20.8 Å². The molecule has 2 aliphatic rings. The van der Waals surface area contributed by atoms with E-state index in [1.165, 1.54) is 17.9 Å². The van der Waals surface area contributed by atoms with Crippen molar-refractivity contribution in [1.29, 1.82) is 0 Å². The van der Waals surface area contributed by atoms with Gasteiger partial charge in [0.25, 0.3) is 0 Å². The van der Waals surface area contributed by atoms with Crippen molar-refractivity contribution in [3.63, 3.8) is 0 Å². The molecule has 1 aromatic carbocycles. The lowest BCUT2D eigenvalue weighted by atomic mass is 10.2. The summed E-state index contributed by atoms with van der Waals surface area (Å²) in [4.78, 5) is 14.3. The molecule has 2 aromatic rings. The molecule has 3 heterocycles. The van der Waals surface area contributed by atoms with Gasteiger partial charge in [-0.15, -0.1) is 0 Å². The number of halogens is 1. The van der Waals surface area contributed by atoms with Crippen LogP contribution in [0.4, 0.5) is 4.79 Å². The van der Waals surface area contributed by atoms with Gasteiger partial charge in [-0.3, -0.25) is 4.90 Å². The fourth-order valence-corrected chi connectivity index (χ4v) is 3.39. The molecule has 0 spiro atoms. The predicted molar refractivity (Wildman–Crippen MR) is 99.4 cm³/mol. The van der Waals surface area contributed by atoms with Crippen LogP contribution in [0.25, 0.3) is 11.3 Å². The van der Waals surface area contributed by atoms with E-state index in [1.54, 1.807) is 6.21 Å². The van der Waals surface area contributed by atoms with Crippen molar-refractivity contribution >= 4 is 23.9 Å². The minimum Gasteiger partial charge on any atom is -0.455 e. The van der Waals surface area contributed by atoms with E-state index in [9.17, 15) is 4.79 Å². The van der Waals surface area contributed by atoms with Gasteiger partial charge in [0, 0.05) is 17.1 Å². The number of furan rings is 1. The molecule has 2 aliphatic heterocycles. The Morgan fingerprint density at radius 3 is 2.69 bits per heavy atom. The summed E-state index contributed by atoms with van der Waals surface area (Å²) in [6.45, 7) is 3.41. The van der Waals surface area contributed by atoms with Crippen LogP contribution in [0.15, 0.2) is 45.9 Å². The summed E-state index contributed by atoms with van der Waals surface area (Å²) in [5, 5.41) is 6.25. The van der Waals surface area contributed by atoms with Crippen LogP contribution in [0.3, 0.4) is 0 Å². The molecule has 7 heteroatoms. The number of carbonyl (C=O) groups is 1. The highest BCUT2D eigenvalue weighted by Crippen LogP contribution is 2.23. The SMILES string of the molecule is O=C1OC(CN2CCCC2)CN1N=Cc1ccc(-c2ccc(Cl)cc2)o1. The zero-order chi connectivity index (χ0) is 17.9. The van der Waals surface area contributed by atoms with Gasteiger partial charge in [-0.2, -0.15) is 10.1 Å². The van der Waals surface area contributed by atoms with Crippen LogP contribution >= 0.6 is 11.6 Å². The van der Waals surface area contributed by atoms with Gasteiger partial charge in [-0.1, -0.05) is 11.6 Å². The summed E-state index contributed by atoms with van der Waals surface area (Å²) in [7, 11) is 0. The van der Waals surface area contributed by atoms with Crippen LogP contribution in [-0.4, -0.2) is 54.5 Å². The third-order valence-corrected chi connectivity index (χ3v) is 4.85. The van der Waals surface area contributed by atoms with Crippen LogP contribution in [0, 0.1) is 0 Å². The number of likely N-dealkylation sites (tertiary alicyclic amines) is 1. The molecule has 0 saturated carbocycles. The summed E-state index contributed by atoms with van der Waals surface area (Å²) in [5.74, 6) is 1.30. The largest absolute Gasteiger partial charge is 0.455 e. The Morgan fingerprint density at radius 1 is 1.15 bits per heavy atom. The number of nitrogens with zero attached hydrogens (tertiary/aromatic N) is 3. The molecule has 2 saturated heterocycles. The number of benzene rings is 1. The second kappa shape index (κ2) is 7.51. The maximum absolute atomic E-state index is 12.0. The summed E-state index contributed by atoms with van der Waals surface area (Å²) < 4.78 is 11.2. The summed E-state index contributed by atoms with van der Waals surface area (Å²) in [6.07, 6.45) is 3.45. The van der Waals surface area contributed by atoms with Gasteiger partial charge in [-0.25, -0.2) is 4.79 Å². The molecule has 0 bridgehead atoms. The zero-order valence-corrected chi connectivity index (χ0v) is 15.1. The second-order valence-electron chi connectivity index (χ2n) is 6.55. The number of rotatable bonds is 5. The molecule has 2 fully saturated rings. The van der Waals surface area contributed by atoms with Gasteiger partial charge < -0.3 is 9.15 Å². The second-order valence-corrected chi connectivity index (χ2v) is 6.99. The minimum absolute atomic E-state index is 0.126. The lowest BCUT2D eigenvalue weighted by Gasteiger charge is -2.17. The Bertz CT molecular complexity index is 797. The molecule has 136 valence electrons. The predicted octanol–water partition coefficient (Wildman–Crippen LogP) is 3.85. The van der Waals surface area contributed by atoms with E-state index < -0.39 is 6.09 Å². The third kappa shape index (κ3) is 3.92. The van der Waals surface area contributed by atoms with Crippen molar-refractivity contribution in [2.24, 2.45) is 5.10 Å². The van der Waals surface area contributed by atoms with Crippen molar-refractivity contribution in [2.75, 3.05) is 26.2 Å². The van der Waals surface area contributed by atoms with E-state index in [1.807, 2.05) is 36.4 Å². The molecule has 6 nitrogen and oxygen atoms in total. The van der Waals surface area contributed by atoms with Crippen LogP contribution in [0.1, 0.15) is 18.6 Å². The van der Waals surface area contributed by atoms with Gasteiger partial charge in [0.2, 0.25) is 0 Å². The molecule has 0 aliphatic carbocycles. The van der Waals surface area contributed by atoms with Gasteiger partial charge in [0.1, 0.15) is 17.6 Å². The van der Waals surface area contributed by atoms with Crippen LogP contribution in [0.2, 0.25) is 5.02 Å². The topological polar surface area (TPSA) is 58.3 Å². The van der Waals surface area contributed by atoms with E-state index in [0.717, 1.165) is 31.0 Å². The zero-order valence-electron chi connectivity index (χ0n) is 14.3. The first-order valence-corrected chi connectivity index (χ1v) is 9.15. The van der Waals surface area contributed by atoms with Crippen LogP contribution < -0.4 is 0 Å². The number of hydrogen-bond donors (Lipinski definition) is 0. The number of cyclic esters (lactones) is 1. The van der Waals surface area contributed by atoms with Crippen molar-refractivity contribution < 1.29 is 13.9 Å². The molecule has 26 heavy (non-hydrogen) atoms. The summed E-state index contributed by atoms with van der Waals surface area (Å²) >= 11 is 5.90. The smallest absolute Gasteiger partial charge is 0.430 e. The Balaban J connectivity index is 1.37. The maximum Gasteiger partial charge on any atom is 0.430 e. The van der Waals surface area contributed by atoms with E-state index in [0.29, 0.717) is 17.3 Å². The van der Waals surface area contributed by atoms with E-state index in [-0.39, 0.29) is 6.10 Å². The van der Waals surface area contributed by atoms with Crippen molar-refractivity contribution in [2.45, 2.75) is 18.9 Å². The van der Waals surface area contributed by atoms with Gasteiger partial charge in [0.15, 0.2) is 0 Å². The number of carbonyl (C=O) groups excluding carboxylic acids is 1. The Kier molecular flexibility index (Phi) is 4.95. The molecular formula is C19H20ClN3O3. The molecule has 0 N–H and O–H groups in total. The maximum atomic E-state index is 12.0. The molecule has 1 amide bonds. The minimum atomic E-state index is -0.407. The lowest BCUT2D eigenvalue weighted by Crippen LogP contribution is -2.32. The average molecular weight is 374 g/mol. The normalized spacial score (nSPS) is 21.0. The summed E-state index contributed by atoms with van der Waals surface area (Å²) in [5.41, 5.74) is 0.931. The molecule has 1 atom stereocenters. The highest BCUT2D eigenvalue weighted by molar-refractivity contribution is 6.30. The Hall–Kier alpha value is -2.31. The molecule has 1 aromatic heterocycles. The summed E-state index contributed by atoms with van der Waals surface area (Å²) in [6, 6.07) is 11.1. The Morgan fingerprint density at radius 2 is 1.92 bits per heavy atom. The van der Waals surface area contributed by atoms with Gasteiger partial charge >= 0.3 is 6.09 Å². The number of hydrogen-bond acceptors (Lipinski definition) is 5. The molecule has 0 radical (unpaired) electrons. The molecule has 1 unspecified atom stereocenters. The van der Waals surface area contributed by atoms with Crippen molar-refractivity contribution in [3.8, 4) is 11.3 Å². The fourth-order valence-electron chi connectivity index (χ4n) is 3.27. The first-order valence-electron chi connectivity index (χ1n) is 8.78. The van der Waals surface area contributed by atoms with Crippen molar-refractivity contribution in [1.82, 2.24) is 9.91 Å². The van der Waals surface area contributed by atoms with Gasteiger partial charge in [0.05, 0.1) is 12.8 Å². The monoisotopic (exact) mass is 373 g/mol. The molecule has 4 rings (SSSR count). The molecular weight excluding hydrogens is 354 g/mol. The number of ether oxygens (including phenoxy) is 1. The quantitative estimate of drug-likeness (QED) is 0.747. The Labute approximate surface area is 157 Å². The first-order chi connectivity index (χ1) is 12.7.